The van der Waals surface area contributed by atoms with Gasteiger partial charge < -0.3 is 14.4 Å². The Kier molecular flexibility index (Phi) is 5.59. The Morgan fingerprint density at radius 2 is 1.96 bits per heavy atom. The maximum atomic E-state index is 12.2. The van der Waals surface area contributed by atoms with Crippen molar-refractivity contribution in [2.24, 2.45) is 0 Å². The van der Waals surface area contributed by atoms with E-state index in [-0.39, 0.29) is 35.4 Å². The molecule has 1 fully saturated rings. The predicted molar refractivity (Wildman–Crippen MR) is 85.6 cm³/mol. The minimum atomic E-state index is -0.636. The molecule has 2 rings (SSSR count). The van der Waals surface area contributed by atoms with Crippen molar-refractivity contribution in [1.29, 1.82) is 0 Å². The summed E-state index contributed by atoms with van der Waals surface area (Å²) in [6, 6.07) is 1.75. The van der Waals surface area contributed by atoms with Crippen molar-refractivity contribution < 1.29 is 19.1 Å². The normalized spacial score (nSPS) is 21.2. The highest BCUT2D eigenvalue weighted by Gasteiger charge is 2.27. The van der Waals surface area contributed by atoms with Crippen molar-refractivity contribution >= 4 is 23.5 Å². The molecule has 126 valence electrons. The third-order valence-corrected chi connectivity index (χ3v) is 3.88. The number of morpholine rings is 1. The molecule has 0 bridgehead atoms. The minimum absolute atomic E-state index is 0.0311. The molecular weight excluding hydrogens is 320 g/mol. The Labute approximate surface area is 140 Å². The second kappa shape index (κ2) is 7.27. The fourth-order valence-corrected chi connectivity index (χ4v) is 3.07. The smallest absolute Gasteiger partial charge is 0.342 e. The van der Waals surface area contributed by atoms with E-state index in [1.807, 2.05) is 13.8 Å². The number of aromatic nitrogens is 1. The molecular formula is C16H21ClN2O4. The number of amides is 1. The quantitative estimate of drug-likeness (QED) is 0.623. The molecule has 1 amide bonds. The van der Waals surface area contributed by atoms with Crippen LogP contribution in [0.15, 0.2) is 6.07 Å². The Hall–Kier alpha value is -1.66. The van der Waals surface area contributed by atoms with Crippen LogP contribution in [0.5, 0.6) is 0 Å². The van der Waals surface area contributed by atoms with Gasteiger partial charge in [-0.3, -0.25) is 4.79 Å². The number of esters is 1. The summed E-state index contributed by atoms with van der Waals surface area (Å²) in [5.74, 6) is -0.878. The van der Waals surface area contributed by atoms with Gasteiger partial charge in [0.25, 0.3) is 5.91 Å². The first-order chi connectivity index (χ1) is 10.8. The van der Waals surface area contributed by atoms with E-state index in [0.29, 0.717) is 18.7 Å². The standard InChI is InChI=1S/C16H21ClN2O4/c1-9-5-10(2)18-15(17)14(9)16(21)22-8-13(20)19-6-11(3)23-12(4)7-19/h5,11-12H,6-8H2,1-4H3/t11-,12+. The molecule has 1 aliphatic heterocycles. The fourth-order valence-electron chi connectivity index (χ4n) is 2.71. The maximum absolute atomic E-state index is 12.2. The molecule has 1 aromatic heterocycles. The average molecular weight is 341 g/mol. The van der Waals surface area contributed by atoms with Crippen molar-refractivity contribution in [2.45, 2.75) is 39.9 Å². The zero-order chi connectivity index (χ0) is 17.1. The molecule has 6 nitrogen and oxygen atoms in total. The molecule has 0 radical (unpaired) electrons. The van der Waals surface area contributed by atoms with Crippen molar-refractivity contribution in [3.8, 4) is 0 Å². The van der Waals surface area contributed by atoms with Crippen LogP contribution in [0.4, 0.5) is 0 Å². The minimum Gasteiger partial charge on any atom is -0.452 e. The third-order valence-electron chi connectivity index (χ3n) is 3.60. The highest BCUT2D eigenvalue weighted by Crippen LogP contribution is 2.20. The summed E-state index contributed by atoms with van der Waals surface area (Å²) in [4.78, 5) is 30.1. The van der Waals surface area contributed by atoms with Crippen LogP contribution in [0.1, 0.15) is 35.5 Å². The lowest BCUT2D eigenvalue weighted by atomic mass is 10.1. The fraction of sp³-hybridized carbons (Fsp3) is 0.562. The molecule has 1 aliphatic rings. The molecule has 1 aromatic rings. The topological polar surface area (TPSA) is 68.7 Å². The Balaban J connectivity index is 1.98. The van der Waals surface area contributed by atoms with Gasteiger partial charge in [0, 0.05) is 18.8 Å². The maximum Gasteiger partial charge on any atom is 0.342 e. The average Bonchev–Trinajstić information content (AvgIpc) is 2.42. The number of hydrogen-bond donors (Lipinski definition) is 0. The van der Waals surface area contributed by atoms with Crippen LogP contribution in [-0.2, 0) is 14.3 Å². The van der Waals surface area contributed by atoms with Crippen molar-refractivity contribution in [3.05, 3.63) is 28.0 Å². The first-order valence-electron chi connectivity index (χ1n) is 7.52. The molecule has 0 aromatic carbocycles. The highest BCUT2D eigenvalue weighted by atomic mass is 35.5. The van der Waals surface area contributed by atoms with E-state index < -0.39 is 5.97 Å². The summed E-state index contributed by atoms with van der Waals surface area (Å²) in [5, 5.41) is 0.0913. The van der Waals surface area contributed by atoms with Crippen molar-refractivity contribution in [2.75, 3.05) is 19.7 Å². The van der Waals surface area contributed by atoms with Gasteiger partial charge in [-0.15, -0.1) is 0 Å². The molecule has 0 N–H and O–H groups in total. The van der Waals surface area contributed by atoms with Crippen LogP contribution in [0.3, 0.4) is 0 Å². The molecule has 0 unspecified atom stereocenters. The molecule has 7 heteroatoms. The summed E-state index contributed by atoms with van der Waals surface area (Å²) >= 11 is 6.01. The van der Waals surface area contributed by atoms with Crippen LogP contribution < -0.4 is 0 Å². The molecule has 0 aliphatic carbocycles. The summed E-state index contributed by atoms with van der Waals surface area (Å²) in [5.41, 5.74) is 1.60. The van der Waals surface area contributed by atoms with Gasteiger partial charge in [-0.1, -0.05) is 11.6 Å². The van der Waals surface area contributed by atoms with Gasteiger partial charge in [0.1, 0.15) is 5.15 Å². The largest absolute Gasteiger partial charge is 0.452 e. The van der Waals surface area contributed by atoms with Gasteiger partial charge in [-0.05, 0) is 39.3 Å². The monoisotopic (exact) mass is 340 g/mol. The Morgan fingerprint density at radius 3 is 2.52 bits per heavy atom. The number of carbonyl (C=O) groups excluding carboxylic acids is 2. The summed E-state index contributed by atoms with van der Waals surface area (Å²) in [6.07, 6.45) is -0.0622. The molecule has 0 saturated carbocycles. The van der Waals surface area contributed by atoms with E-state index in [1.54, 1.807) is 24.8 Å². The summed E-state index contributed by atoms with van der Waals surface area (Å²) in [7, 11) is 0. The van der Waals surface area contributed by atoms with Gasteiger partial charge in [0.05, 0.1) is 17.8 Å². The second-order valence-corrected chi connectivity index (χ2v) is 6.24. The van der Waals surface area contributed by atoms with Crippen molar-refractivity contribution in [1.82, 2.24) is 9.88 Å². The zero-order valence-corrected chi connectivity index (χ0v) is 14.5. The number of pyridine rings is 1. The number of ether oxygens (including phenoxy) is 2. The van der Waals surface area contributed by atoms with E-state index in [1.165, 1.54) is 0 Å². The summed E-state index contributed by atoms with van der Waals surface area (Å²) < 4.78 is 10.7. The number of carbonyl (C=O) groups is 2. The van der Waals surface area contributed by atoms with Crippen LogP contribution in [0.25, 0.3) is 0 Å². The van der Waals surface area contributed by atoms with Crippen molar-refractivity contribution in [3.63, 3.8) is 0 Å². The van der Waals surface area contributed by atoms with Gasteiger partial charge in [0.2, 0.25) is 0 Å². The number of hydrogen-bond acceptors (Lipinski definition) is 5. The zero-order valence-electron chi connectivity index (χ0n) is 13.8. The van der Waals surface area contributed by atoms with Gasteiger partial charge in [-0.2, -0.15) is 0 Å². The Morgan fingerprint density at radius 1 is 1.35 bits per heavy atom. The Bertz CT molecular complexity index is 587. The molecule has 23 heavy (non-hydrogen) atoms. The number of aryl methyl sites for hydroxylation is 2. The molecule has 2 heterocycles. The SMILES string of the molecule is Cc1cc(C)c(C(=O)OCC(=O)N2C[C@@H](C)O[C@@H](C)C2)c(Cl)n1. The molecule has 1 saturated heterocycles. The van der Waals surface area contributed by atoms with E-state index in [0.717, 1.165) is 5.69 Å². The van der Waals surface area contributed by atoms with Gasteiger partial charge in [-0.25, -0.2) is 9.78 Å². The van der Waals surface area contributed by atoms with E-state index >= 15 is 0 Å². The van der Waals surface area contributed by atoms with Crippen LogP contribution >= 0.6 is 11.6 Å². The lowest BCUT2D eigenvalue weighted by Crippen LogP contribution is -2.49. The van der Waals surface area contributed by atoms with Gasteiger partial charge >= 0.3 is 5.97 Å². The second-order valence-electron chi connectivity index (χ2n) is 5.88. The first-order valence-corrected chi connectivity index (χ1v) is 7.89. The van der Waals surface area contributed by atoms with Crippen LogP contribution in [0.2, 0.25) is 5.15 Å². The first kappa shape index (κ1) is 17.7. The lowest BCUT2D eigenvalue weighted by Gasteiger charge is -2.35. The van der Waals surface area contributed by atoms with E-state index in [9.17, 15) is 9.59 Å². The highest BCUT2D eigenvalue weighted by molar-refractivity contribution is 6.32. The molecule has 2 atom stereocenters. The number of rotatable bonds is 3. The lowest BCUT2D eigenvalue weighted by molar-refractivity contribution is -0.146. The van der Waals surface area contributed by atoms with E-state index in [4.69, 9.17) is 21.1 Å². The number of nitrogens with zero attached hydrogens (tertiary/aromatic N) is 2. The third kappa shape index (κ3) is 4.42. The van der Waals surface area contributed by atoms with Crippen LogP contribution in [0, 0.1) is 13.8 Å². The number of halogens is 1. The summed E-state index contributed by atoms with van der Waals surface area (Å²) in [6.45, 7) is 8.02. The predicted octanol–water partition coefficient (Wildman–Crippen LogP) is 2.14. The van der Waals surface area contributed by atoms with Crippen LogP contribution in [-0.4, -0.2) is 53.7 Å². The van der Waals surface area contributed by atoms with Gasteiger partial charge in [0.15, 0.2) is 6.61 Å². The molecule has 0 spiro atoms. The van der Waals surface area contributed by atoms with E-state index in [2.05, 4.69) is 4.98 Å².